The fraction of sp³-hybridized carbons (Fsp3) is 0.375. The summed E-state index contributed by atoms with van der Waals surface area (Å²) in [5.41, 5.74) is 7.94. The van der Waals surface area contributed by atoms with Crippen molar-refractivity contribution in [2.75, 3.05) is 6.54 Å². The van der Waals surface area contributed by atoms with Gasteiger partial charge in [0.25, 0.3) is 0 Å². The normalized spacial score (nSPS) is 11.4. The van der Waals surface area contributed by atoms with E-state index in [9.17, 15) is 0 Å². The quantitative estimate of drug-likeness (QED) is 0.829. The molecule has 0 radical (unpaired) electrons. The second-order valence-electron chi connectivity index (χ2n) is 5.31. The van der Waals surface area contributed by atoms with Crippen molar-refractivity contribution in [2.24, 2.45) is 5.73 Å². The van der Waals surface area contributed by atoms with Gasteiger partial charge in [-0.25, -0.2) is 0 Å². The Bertz CT molecular complexity index is 595. The van der Waals surface area contributed by atoms with E-state index in [-0.39, 0.29) is 0 Å². The van der Waals surface area contributed by atoms with Gasteiger partial charge in [0, 0.05) is 37.1 Å². The van der Waals surface area contributed by atoms with Gasteiger partial charge in [0.15, 0.2) is 0 Å². The zero-order valence-corrected chi connectivity index (χ0v) is 12.9. The molecule has 0 aliphatic rings. The second kappa shape index (κ2) is 6.77. The van der Waals surface area contributed by atoms with Crippen LogP contribution in [0.4, 0.5) is 0 Å². The van der Waals surface area contributed by atoms with E-state index in [0.29, 0.717) is 11.0 Å². The van der Waals surface area contributed by atoms with E-state index < -0.39 is 0 Å². The van der Waals surface area contributed by atoms with Gasteiger partial charge in [-0.1, -0.05) is 24.4 Å². The molecule has 0 atom stereocenters. The Morgan fingerprint density at radius 1 is 1.35 bits per heavy atom. The van der Waals surface area contributed by atoms with Gasteiger partial charge in [0.1, 0.15) is 0 Å². The average molecular weight is 287 g/mol. The molecule has 20 heavy (non-hydrogen) atoms. The maximum atomic E-state index is 5.61. The predicted octanol–water partition coefficient (Wildman–Crippen LogP) is 3.12. The minimum Gasteiger partial charge on any atom is -0.393 e. The molecule has 1 heterocycles. The summed E-state index contributed by atoms with van der Waals surface area (Å²) in [5.74, 6) is 0. The number of hydrogen-bond acceptors (Lipinski definition) is 3. The van der Waals surface area contributed by atoms with Gasteiger partial charge in [-0.3, -0.25) is 9.88 Å². The molecule has 0 unspecified atom stereocenters. The lowest BCUT2D eigenvalue weighted by atomic mass is 10.1. The van der Waals surface area contributed by atoms with Crippen molar-refractivity contribution in [1.82, 2.24) is 9.88 Å². The Morgan fingerprint density at radius 2 is 2.15 bits per heavy atom. The molecule has 0 fully saturated rings. The number of pyridine rings is 1. The number of rotatable bonds is 6. The monoisotopic (exact) mass is 287 g/mol. The maximum absolute atomic E-state index is 5.61. The van der Waals surface area contributed by atoms with Gasteiger partial charge >= 0.3 is 0 Å². The highest BCUT2D eigenvalue weighted by Crippen LogP contribution is 2.16. The van der Waals surface area contributed by atoms with Crippen LogP contribution in [-0.2, 0) is 6.54 Å². The van der Waals surface area contributed by atoms with E-state index in [1.165, 1.54) is 10.9 Å². The largest absolute Gasteiger partial charge is 0.393 e. The minimum absolute atomic E-state index is 0.467. The maximum Gasteiger partial charge on any atom is 0.0740 e. The smallest absolute Gasteiger partial charge is 0.0740 e. The third kappa shape index (κ3) is 3.99. The molecule has 4 heteroatoms. The van der Waals surface area contributed by atoms with Gasteiger partial charge in [-0.2, -0.15) is 0 Å². The number of hydrogen-bond donors (Lipinski definition) is 1. The fourth-order valence-corrected chi connectivity index (χ4v) is 2.32. The molecule has 0 saturated heterocycles. The van der Waals surface area contributed by atoms with E-state index in [1.54, 1.807) is 0 Å². The fourth-order valence-electron chi connectivity index (χ4n) is 2.23. The molecular weight excluding hydrogens is 266 g/mol. The lowest BCUT2D eigenvalue weighted by Gasteiger charge is -2.26. The summed E-state index contributed by atoms with van der Waals surface area (Å²) in [6.45, 7) is 6.20. The Morgan fingerprint density at radius 3 is 2.85 bits per heavy atom. The molecule has 0 aliphatic carbocycles. The first kappa shape index (κ1) is 14.9. The summed E-state index contributed by atoms with van der Waals surface area (Å²) in [6, 6.07) is 11.0. The SMILES string of the molecule is CC(C)N(CCC(N)=S)Cc1ccc2ncccc2c1. The molecule has 1 aromatic heterocycles. The van der Waals surface area contributed by atoms with Crippen molar-refractivity contribution >= 4 is 28.1 Å². The third-order valence-corrected chi connectivity index (χ3v) is 3.63. The number of nitrogens with zero attached hydrogens (tertiary/aromatic N) is 2. The molecule has 0 bridgehead atoms. The van der Waals surface area contributed by atoms with Crippen LogP contribution in [0.25, 0.3) is 10.9 Å². The molecule has 0 saturated carbocycles. The molecular formula is C16H21N3S. The molecule has 2 rings (SSSR count). The zero-order valence-electron chi connectivity index (χ0n) is 12.0. The van der Waals surface area contributed by atoms with E-state index in [1.807, 2.05) is 12.3 Å². The molecule has 0 spiro atoms. The first-order valence-corrected chi connectivity index (χ1v) is 7.33. The van der Waals surface area contributed by atoms with Crippen molar-refractivity contribution in [3.05, 3.63) is 42.1 Å². The van der Waals surface area contributed by atoms with Gasteiger partial charge < -0.3 is 5.73 Å². The number of benzene rings is 1. The van der Waals surface area contributed by atoms with Crippen molar-refractivity contribution in [3.8, 4) is 0 Å². The Balaban J connectivity index is 2.13. The van der Waals surface area contributed by atoms with Crippen LogP contribution in [-0.4, -0.2) is 27.5 Å². The molecule has 2 aromatic rings. The zero-order chi connectivity index (χ0) is 14.5. The van der Waals surface area contributed by atoms with Crippen LogP contribution in [0, 0.1) is 0 Å². The predicted molar refractivity (Wildman–Crippen MR) is 88.7 cm³/mol. The van der Waals surface area contributed by atoms with E-state index in [4.69, 9.17) is 18.0 Å². The van der Waals surface area contributed by atoms with Crippen molar-refractivity contribution in [2.45, 2.75) is 32.9 Å². The minimum atomic E-state index is 0.467. The van der Waals surface area contributed by atoms with E-state index in [2.05, 4.69) is 48.0 Å². The summed E-state index contributed by atoms with van der Waals surface area (Å²) in [4.78, 5) is 7.32. The lowest BCUT2D eigenvalue weighted by molar-refractivity contribution is 0.219. The molecule has 1 aromatic carbocycles. The summed E-state index contributed by atoms with van der Waals surface area (Å²) in [5, 5.41) is 1.18. The Kier molecular flexibility index (Phi) is 5.04. The number of nitrogens with two attached hydrogens (primary N) is 1. The topological polar surface area (TPSA) is 42.1 Å². The number of fused-ring (bicyclic) bond motifs is 1. The van der Waals surface area contributed by atoms with E-state index >= 15 is 0 Å². The molecule has 2 N–H and O–H groups in total. The second-order valence-corrected chi connectivity index (χ2v) is 5.84. The van der Waals surface area contributed by atoms with Crippen molar-refractivity contribution in [1.29, 1.82) is 0 Å². The standard InChI is InChI=1S/C16H21N3S/c1-12(2)19(9-7-16(17)20)11-13-5-6-15-14(10-13)4-3-8-18-15/h3-6,8,10,12H,7,9,11H2,1-2H3,(H2,17,20). The van der Waals surface area contributed by atoms with Crippen LogP contribution in [0.3, 0.4) is 0 Å². The molecule has 0 amide bonds. The van der Waals surface area contributed by atoms with Crippen LogP contribution >= 0.6 is 12.2 Å². The van der Waals surface area contributed by atoms with Crippen molar-refractivity contribution < 1.29 is 0 Å². The third-order valence-electron chi connectivity index (χ3n) is 3.43. The summed E-state index contributed by atoms with van der Waals surface area (Å²) >= 11 is 4.97. The number of thiocarbonyl (C=S) groups is 1. The first-order chi connectivity index (χ1) is 9.56. The first-order valence-electron chi connectivity index (χ1n) is 6.92. The van der Waals surface area contributed by atoms with Gasteiger partial charge in [0.05, 0.1) is 10.5 Å². The van der Waals surface area contributed by atoms with Crippen LogP contribution < -0.4 is 5.73 Å². The lowest BCUT2D eigenvalue weighted by Crippen LogP contribution is -2.33. The van der Waals surface area contributed by atoms with Crippen LogP contribution in [0.2, 0.25) is 0 Å². The van der Waals surface area contributed by atoms with Crippen molar-refractivity contribution in [3.63, 3.8) is 0 Å². The Labute approximate surface area is 125 Å². The highest BCUT2D eigenvalue weighted by Gasteiger charge is 2.10. The van der Waals surface area contributed by atoms with Crippen LogP contribution in [0.15, 0.2) is 36.5 Å². The highest BCUT2D eigenvalue weighted by atomic mass is 32.1. The van der Waals surface area contributed by atoms with Gasteiger partial charge in [-0.15, -0.1) is 0 Å². The average Bonchev–Trinajstić information content (AvgIpc) is 2.42. The number of aromatic nitrogens is 1. The van der Waals surface area contributed by atoms with Crippen LogP contribution in [0.1, 0.15) is 25.8 Å². The highest BCUT2D eigenvalue weighted by molar-refractivity contribution is 7.80. The summed E-state index contributed by atoms with van der Waals surface area (Å²) in [6.07, 6.45) is 2.59. The van der Waals surface area contributed by atoms with E-state index in [0.717, 1.165) is 25.0 Å². The van der Waals surface area contributed by atoms with Gasteiger partial charge in [-0.05, 0) is 37.6 Å². The molecule has 106 valence electrons. The van der Waals surface area contributed by atoms with Crippen LogP contribution in [0.5, 0.6) is 0 Å². The molecule has 0 aliphatic heterocycles. The summed E-state index contributed by atoms with van der Waals surface area (Å²) in [7, 11) is 0. The Hall–Kier alpha value is -1.52. The van der Waals surface area contributed by atoms with Gasteiger partial charge in [0.2, 0.25) is 0 Å². The summed E-state index contributed by atoms with van der Waals surface area (Å²) < 4.78 is 0. The molecule has 3 nitrogen and oxygen atoms in total.